The highest BCUT2D eigenvalue weighted by Gasteiger charge is 2.29. The van der Waals surface area contributed by atoms with Crippen molar-refractivity contribution in [1.82, 2.24) is 5.32 Å². The molecular weight excluding hydrogens is 200 g/mol. The lowest BCUT2D eigenvalue weighted by molar-refractivity contribution is -0.123. The Balaban J connectivity index is 2.23. The van der Waals surface area contributed by atoms with Gasteiger partial charge in [-0.2, -0.15) is 0 Å². The summed E-state index contributed by atoms with van der Waals surface area (Å²) >= 11 is 0. The van der Waals surface area contributed by atoms with Crippen LogP contribution in [0.25, 0.3) is 0 Å². The number of amides is 1. The Labute approximate surface area is 99.2 Å². The Bertz CT molecular complexity index is 222. The Morgan fingerprint density at radius 1 is 1.44 bits per heavy atom. The standard InChI is InChI=1S/C13H26N2O/c1-3-4-7-11(14)12(16)15-10-13(2)8-5-6-9-13/h11H,3-10,14H2,1-2H3,(H,15,16)/t11-/m0/s1. The molecule has 1 aliphatic rings. The van der Waals surface area contributed by atoms with Crippen LogP contribution in [0.15, 0.2) is 0 Å². The van der Waals surface area contributed by atoms with E-state index >= 15 is 0 Å². The predicted molar refractivity (Wildman–Crippen MR) is 67.1 cm³/mol. The van der Waals surface area contributed by atoms with Gasteiger partial charge in [0, 0.05) is 6.54 Å². The maximum atomic E-state index is 11.7. The molecule has 0 unspecified atom stereocenters. The number of nitrogens with two attached hydrogens (primary N) is 1. The second-order valence-corrected chi connectivity index (χ2v) is 5.48. The van der Waals surface area contributed by atoms with E-state index in [0.29, 0.717) is 5.41 Å². The monoisotopic (exact) mass is 226 g/mol. The van der Waals surface area contributed by atoms with E-state index in [0.717, 1.165) is 25.8 Å². The van der Waals surface area contributed by atoms with Crippen molar-refractivity contribution in [2.45, 2.75) is 64.8 Å². The zero-order valence-corrected chi connectivity index (χ0v) is 10.7. The normalized spacial score (nSPS) is 20.7. The van der Waals surface area contributed by atoms with Crippen LogP contribution in [-0.2, 0) is 4.79 Å². The average molecular weight is 226 g/mol. The summed E-state index contributed by atoms with van der Waals surface area (Å²) in [5.74, 6) is 0.0292. The first-order chi connectivity index (χ1) is 7.57. The average Bonchev–Trinajstić information content (AvgIpc) is 2.70. The van der Waals surface area contributed by atoms with Gasteiger partial charge in [-0.15, -0.1) is 0 Å². The number of nitrogens with one attached hydrogen (secondary N) is 1. The van der Waals surface area contributed by atoms with Gasteiger partial charge in [0.25, 0.3) is 0 Å². The summed E-state index contributed by atoms with van der Waals surface area (Å²) in [6.45, 7) is 5.17. The van der Waals surface area contributed by atoms with Gasteiger partial charge >= 0.3 is 0 Å². The maximum absolute atomic E-state index is 11.7. The molecule has 1 rings (SSSR count). The van der Waals surface area contributed by atoms with E-state index in [-0.39, 0.29) is 11.9 Å². The Morgan fingerprint density at radius 2 is 2.06 bits per heavy atom. The lowest BCUT2D eigenvalue weighted by Gasteiger charge is -2.24. The van der Waals surface area contributed by atoms with Crippen molar-refractivity contribution in [3.8, 4) is 0 Å². The van der Waals surface area contributed by atoms with Crippen LogP contribution in [0.5, 0.6) is 0 Å². The van der Waals surface area contributed by atoms with E-state index in [1.54, 1.807) is 0 Å². The maximum Gasteiger partial charge on any atom is 0.236 e. The molecule has 3 heteroatoms. The summed E-state index contributed by atoms with van der Waals surface area (Å²) in [7, 11) is 0. The van der Waals surface area contributed by atoms with Gasteiger partial charge in [0.15, 0.2) is 0 Å². The lowest BCUT2D eigenvalue weighted by atomic mass is 9.89. The van der Waals surface area contributed by atoms with Crippen LogP contribution in [0, 0.1) is 5.41 Å². The topological polar surface area (TPSA) is 55.1 Å². The van der Waals surface area contributed by atoms with Crippen LogP contribution in [0.4, 0.5) is 0 Å². The minimum Gasteiger partial charge on any atom is -0.354 e. The van der Waals surface area contributed by atoms with Crippen LogP contribution in [-0.4, -0.2) is 18.5 Å². The highest BCUT2D eigenvalue weighted by atomic mass is 16.2. The van der Waals surface area contributed by atoms with Gasteiger partial charge in [0.1, 0.15) is 0 Å². The van der Waals surface area contributed by atoms with Gasteiger partial charge in [-0.05, 0) is 24.7 Å². The quantitative estimate of drug-likeness (QED) is 0.729. The van der Waals surface area contributed by atoms with Crippen molar-refractivity contribution >= 4 is 5.91 Å². The highest BCUT2D eigenvalue weighted by molar-refractivity contribution is 5.81. The third-order valence-electron chi connectivity index (χ3n) is 3.71. The molecule has 1 saturated carbocycles. The van der Waals surface area contributed by atoms with E-state index in [4.69, 9.17) is 5.73 Å². The molecule has 3 nitrogen and oxygen atoms in total. The molecule has 1 aliphatic carbocycles. The Hall–Kier alpha value is -0.570. The van der Waals surface area contributed by atoms with E-state index in [1.165, 1.54) is 25.7 Å². The van der Waals surface area contributed by atoms with Crippen LogP contribution in [0.2, 0.25) is 0 Å². The largest absolute Gasteiger partial charge is 0.354 e. The fourth-order valence-corrected chi connectivity index (χ4v) is 2.39. The predicted octanol–water partition coefficient (Wildman–Crippen LogP) is 2.20. The molecule has 0 heterocycles. The summed E-state index contributed by atoms with van der Waals surface area (Å²) in [6, 6.07) is -0.315. The molecule has 1 amide bonds. The summed E-state index contributed by atoms with van der Waals surface area (Å²) < 4.78 is 0. The Kier molecular flexibility index (Phi) is 5.26. The van der Waals surface area contributed by atoms with Gasteiger partial charge in [0.2, 0.25) is 5.91 Å². The van der Waals surface area contributed by atoms with Crippen molar-refractivity contribution in [2.75, 3.05) is 6.54 Å². The van der Waals surface area contributed by atoms with E-state index in [1.807, 2.05) is 0 Å². The fraction of sp³-hybridized carbons (Fsp3) is 0.923. The minimum absolute atomic E-state index is 0.0292. The number of carbonyl (C=O) groups is 1. The third-order valence-corrected chi connectivity index (χ3v) is 3.71. The summed E-state index contributed by atoms with van der Waals surface area (Å²) in [4.78, 5) is 11.7. The van der Waals surface area contributed by atoms with Crippen molar-refractivity contribution in [3.05, 3.63) is 0 Å². The van der Waals surface area contributed by atoms with Gasteiger partial charge in [-0.1, -0.05) is 39.5 Å². The van der Waals surface area contributed by atoms with Crippen LogP contribution in [0.3, 0.4) is 0 Å². The first-order valence-corrected chi connectivity index (χ1v) is 6.61. The van der Waals surface area contributed by atoms with Gasteiger partial charge in [-0.3, -0.25) is 4.79 Å². The number of hydrogen-bond donors (Lipinski definition) is 2. The SMILES string of the molecule is CCCC[C@H](N)C(=O)NCC1(C)CCCC1. The molecule has 0 aliphatic heterocycles. The number of rotatable bonds is 6. The summed E-state index contributed by atoms with van der Waals surface area (Å²) in [5, 5.41) is 3.01. The van der Waals surface area contributed by atoms with E-state index in [9.17, 15) is 4.79 Å². The van der Waals surface area contributed by atoms with Gasteiger partial charge in [0.05, 0.1) is 6.04 Å². The van der Waals surface area contributed by atoms with E-state index < -0.39 is 0 Å². The first-order valence-electron chi connectivity index (χ1n) is 6.61. The zero-order valence-electron chi connectivity index (χ0n) is 10.7. The van der Waals surface area contributed by atoms with E-state index in [2.05, 4.69) is 19.2 Å². The molecular formula is C13H26N2O. The molecule has 0 saturated heterocycles. The molecule has 0 spiro atoms. The molecule has 3 N–H and O–H groups in total. The Morgan fingerprint density at radius 3 is 2.62 bits per heavy atom. The molecule has 0 aromatic rings. The molecule has 94 valence electrons. The van der Waals surface area contributed by atoms with Gasteiger partial charge in [-0.25, -0.2) is 0 Å². The van der Waals surface area contributed by atoms with Crippen molar-refractivity contribution in [3.63, 3.8) is 0 Å². The molecule has 1 atom stereocenters. The number of unbranched alkanes of at least 4 members (excludes halogenated alkanes) is 1. The first kappa shape index (κ1) is 13.5. The smallest absolute Gasteiger partial charge is 0.236 e. The second kappa shape index (κ2) is 6.24. The highest BCUT2D eigenvalue weighted by Crippen LogP contribution is 2.36. The zero-order chi connectivity index (χ0) is 12.0. The third kappa shape index (κ3) is 4.12. The van der Waals surface area contributed by atoms with Crippen molar-refractivity contribution in [1.29, 1.82) is 0 Å². The van der Waals surface area contributed by atoms with Gasteiger partial charge < -0.3 is 11.1 Å². The second-order valence-electron chi connectivity index (χ2n) is 5.48. The number of hydrogen-bond acceptors (Lipinski definition) is 2. The molecule has 0 aromatic heterocycles. The van der Waals surface area contributed by atoms with Crippen LogP contribution >= 0.6 is 0 Å². The molecule has 16 heavy (non-hydrogen) atoms. The lowest BCUT2D eigenvalue weighted by Crippen LogP contribution is -2.44. The summed E-state index contributed by atoms with van der Waals surface area (Å²) in [6.07, 6.45) is 8.00. The number of carbonyl (C=O) groups excluding carboxylic acids is 1. The fourth-order valence-electron chi connectivity index (χ4n) is 2.39. The molecule has 1 fully saturated rings. The van der Waals surface area contributed by atoms with Crippen molar-refractivity contribution in [2.24, 2.45) is 11.1 Å². The summed E-state index contributed by atoms with van der Waals surface area (Å²) in [5.41, 5.74) is 6.14. The molecule has 0 aromatic carbocycles. The minimum atomic E-state index is -0.315. The molecule has 0 bridgehead atoms. The van der Waals surface area contributed by atoms with Crippen LogP contribution in [0.1, 0.15) is 58.8 Å². The van der Waals surface area contributed by atoms with Crippen LogP contribution < -0.4 is 11.1 Å². The van der Waals surface area contributed by atoms with Crippen molar-refractivity contribution < 1.29 is 4.79 Å². The molecule has 0 radical (unpaired) electrons.